The number of carbonyl (C=O) groups is 1. The third-order valence-corrected chi connectivity index (χ3v) is 3.11. The molecule has 2 aromatic carbocycles. The number of hydrogen-bond donors (Lipinski definition) is 0. The lowest BCUT2D eigenvalue weighted by Gasteiger charge is -2.16. The maximum Gasteiger partial charge on any atom is 0.335 e. The highest BCUT2D eigenvalue weighted by atomic mass is 16.6. The lowest BCUT2D eigenvalue weighted by molar-refractivity contribution is -0.157. The minimum absolute atomic E-state index is 0.308. The van der Waals surface area contributed by atoms with E-state index in [-0.39, 0.29) is 5.97 Å². The molecule has 21 heavy (non-hydrogen) atoms. The van der Waals surface area contributed by atoms with Crippen LogP contribution in [0.15, 0.2) is 60.7 Å². The number of esters is 1. The molecule has 0 amide bonds. The summed E-state index contributed by atoms with van der Waals surface area (Å²) in [6, 6.07) is 19.6. The second-order valence-electron chi connectivity index (χ2n) is 4.73. The van der Waals surface area contributed by atoms with Crippen LogP contribution in [-0.4, -0.2) is 18.7 Å². The van der Waals surface area contributed by atoms with Crippen LogP contribution < -0.4 is 0 Å². The zero-order chi connectivity index (χ0) is 14.9. The molecule has 0 radical (unpaired) electrons. The number of carbonyl (C=O) groups excluding carboxylic acids is 1. The van der Waals surface area contributed by atoms with Crippen LogP contribution in [0.4, 0.5) is 0 Å². The Morgan fingerprint density at radius 2 is 1.52 bits per heavy atom. The van der Waals surface area contributed by atoms with Gasteiger partial charge in [-0.3, -0.25) is 0 Å². The van der Waals surface area contributed by atoms with E-state index < -0.39 is 6.10 Å². The van der Waals surface area contributed by atoms with Crippen LogP contribution in [0.3, 0.4) is 0 Å². The SMILES string of the molecule is CCOC(=O)[C@@H](Cc1ccccc1)OCc1ccccc1. The Kier molecular flexibility index (Phi) is 5.98. The first kappa shape index (κ1) is 15.3. The van der Waals surface area contributed by atoms with Crippen LogP contribution in [0.2, 0.25) is 0 Å². The summed E-state index contributed by atoms with van der Waals surface area (Å²) < 4.78 is 10.9. The molecule has 110 valence electrons. The van der Waals surface area contributed by atoms with Crippen molar-refractivity contribution in [2.45, 2.75) is 26.1 Å². The summed E-state index contributed by atoms with van der Waals surface area (Å²) >= 11 is 0. The van der Waals surface area contributed by atoms with E-state index in [2.05, 4.69) is 0 Å². The maximum atomic E-state index is 12.0. The normalized spacial score (nSPS) is 11.9. The molecule has 0 bridgehead atoms. The van der Waals surface area contributed by atoms with Crippen molar-refractivity contribution in [3.05, 3.63) is 71.8 Å². The molecule has 0 saturated heterocycles. The Morgan fingerprint density at radius 3 is 2.10 bits per heavy atom. The summed E-state index contributed by atoms with van der Waals surface area (Å²) in [5, 5.41) is 0. The molecule has 1 atom stereocenters. The Hall–Kier alpha value is -2.13. The smallest absolute Gasteiger partial charge is 0.335 e. The lowest BCUT2D eigenvalue weighted by atomic mass is 10.1. The van der Waals surface area contributed by atoms with Gasteiger partial charge in [-0.1, -0.05) is 60.7 Å². The van der Waals surface area contributed by atoms with Gasteiger partial charge in [0.15, 0.2) is 6.10 Å². The van der Waals surface area contributed by atoms with Gasteiger partial charge in [0.05, 0.1) is 13.2 Å². The van der Waals surface area contributed by atoms with Crippen molar-refractivity contribution in [2.75, 3.05) is 6.61 Å². The first-order chi connectivity index (χ1) is 10.3. The third-order valence-electron chi connectivity index (χ3n) is 3.11. The zero-order valence-corrected chi connectivity index (χ0v) is 12.2. The van der Waals surface area contributed by atoms with Crippen LogP contribution in [-0.2, 0) is 27.3 Å². The summed E-state index contributed by atoms with van der Waals surface area (Å²) in [5.74, 6) is -0.308. The van der Waals surface area contributed by atoms with E-state index in [4.69, 9.17) is 9.47 Å². The molecular formula is C18H20O3. The van der Waals surface area contributed by atoms with Gasteiger partial charge in [-0.05, 0) is 18.1 Å². The molecule has 0 aromatic heterocycles. The molecule has 0 heterocycles. The average Bonchev–Trinajstić information content (AvgIpc) is 2.53. The lowest BCUT2D eigenvalue weighted by Crippen LogP contribution is -2.28. The highest BCUT2D eigenvalue weighted by Crippen LogP contribution is 2.11. The summed E-state index contributed by atoms with van der Waals surface area (Å²) in [7, 11) is 0. The molecule has 0 N–H and O–H groups in total. The van der Waals surface area contributed by atoms with Crippen molar-refractivity contribution in [2.24, 2.45) is 0 Å². The quantitative estimate of drug-likeness (QED) is 0.731. The maximum absolute atomic E-state index is 12.0. The predicted molar refractivity (Wildman–Crippen MR) is 81.8 cm³/mol. The minimum atomic E-state index is -0.576. The molecule has 0 aliphatic carbocycles. The van der Waals surface area contributed by atoms with E-state index in [0.29, 0.717) is 19.6 Å². The summed E-state index contributed by atoms with van der Waals surface area (Å²) in [6.45, 7) is 2.56. The number of ether oxygens (including phenoxy) is 2. The third kappa shape index (κ3) is 5.04. The molecule has 2 rings (SSSR count). The molecule has 0 fully saturated rings. The summed E-state index contributed by atoms with van der Waals surface area (Å²) in [4.78, 5) is 12.0. The van der Waals surface area contributed by atoms with Gasteiger partial charge in [-0.25, -0.2) is 4.79 Å². The molecule has 2 aromatic rings. The minimum Gasteiger partial charge on any atom is -0.464 e. The van der Waals surface area contributed by atoms with Gasteiger partial charge in [0.2, 0.25) is 0 Å². The van der Waals surface area contributed by atoms with Gasteiger partial charge in [0, 0.05) is 6.42 Å². The van der Waals surface area contributed by atoms with Crippen molar-refractivity contribution >= 4 is 5.97 Å². The number of hydrogen-bond acceptors (Lipinski definition) is 3. The van der Waals surface area contributed by atoms with E-state index in [0.717, 1.165) is 11.1 Å². The number of rotatable bonds is 7. The molecule has 0 spiro atoms. The van der Waals surface area contributed by atoms with Gasteiger partial charge in [-0.2, -0.15) is 0 Å². The molecule has 0 aliphatic heterocycles. The van der Waals surface area contributed by atoms with Gasteiger partial charge in [0.25, 0.3) is 0 Å². The van der Waals surface area contributed by atoms with E-state index >= 15 is 0 Å². The highest BCUT2D eigenvalue weighted by Gasteiger charge is 2.21. The standard InChI is InChI=1S/C18H20O3/c1-2-20-18(19)17(13-15-9-5-3-6-10-15)21-14-16-11-7-4-8-12-16/h3-12,17H,2,13-14H2,1H3/t17-/m1/s1. The fourth-order valence-electron chi connectivity index (χ4n) is 2.04. The Morgan fingerprint density at radius 1 is 0.952 bits per heavy atom. The van der Waals surface area contributed by atoms with Crippen molar-refractivity contribution in [3.63, 3.8) is 0 Å². The summed E-state index contributed by atoms with van der Waals surface area (Å²) in [5.41, 5.74) is 2.10. The van der Waals surface area contributed by atoms with E-state index in [1.165, 1.54) is 0 Å². The molecule has 0 unspecified atom stereocenters. The fourth-order valence-corrected chi connectivity index (χ4v) is 2.04. The summed E-state index contributed by atoms with van der Waals surface area (Å²) in [6.07, 6.45) is -0.0560. The fraction of sp³-hybridized carbons (Fsp3) is 0.278. The van der Waals surface area contributed by atoms with Gasteiger partial charge >= 0.3 is 5.97 Å². The first-order valence-electron chi connectivity index (χ1n) is 7.15. The second kappa shape index (κ2) is 8.22. The first-order valence-corrected chi connectivity index (χ1v) is 7.15. The number of benzene rings is 2. The Balaban J connectivity index is 2.00. The van der Waals surface area contributed by atoms with Crippen LogP contribution in [0.1, 0.15) is 18.1 Å². The molecular weight excluding hydrogens is 264 g/mol. The monoisotopic (exact) mass is 284 g/mol. The van der Waals surface area contributed by atoms with E-state index in [1.54, 1.807) is 6.92 Å². The van der Waals surface area contributed by atoms with Crippen LogP contribution in [0.25, 0.3) is 0 Å². The largest absolute Gasteiger partial charge is 0.464 e. The topological polar surface area (TPSA) is 35.5 Å². The Bertz CT molecular complexity index is 537. The van der Waals surface area contributed by atoms with Crippen LogP contribution in [0.5, 0.6) is 0 Å². The average molecular weight is 284 g/mol. The highest BCUT2D eigenvalue weighted by molar-refractivity contribution is 5.75. The van der Waals surface area contributed by atoms with Gasteiger partial charge in [-0.15, -0.1) is 0 Å². The van der Waals surface area contributed by atoms with E-state index in [1.807, 2.05) is 60.7 Å². The van der Waals surface area contributed by atoms with Crippen LogP contribution >= 0.6 is 0 Å². The van der Waals surface area contributed by atoms with Crippen molar-refractivity contribution in [1.29, 1.82) is 0 Å². The van der Waals surface area contributed by atoms with Crippen molar-refractivity contribution in [3.8, 4) is 0 Å². The van der Waals surface area contributed by atoms with E-state index in [9.17, 15) is 4.79 Å². The Labute approximate surface area is 125 Å². The molecule has 3 nitrogen and oxygen atoms in total. The van der Waals surface area contributed by atoms with Gasteiger partial charge < -0.3 is 9.47 Å². The second-order valence-corrected chi connectivity index (χ2v) is 4.73. The van der Waals surface area contributed by atoms with Crippen LogP contribution in [0, 0.1) is 0 Å². The molecule has 0 aliphatic rings. The zero-order valence-electron chi connectivity index (χ0n) is 12.2. The van der Waals surface area contributed by atoms with Crippen molar-refractivity contribution < 1.29 is 14.3 Å². The van der Waals surface area contributed by atoms with Crippen molar-refractivity contribution in [1.82, 2.24) is 0 Å². The molecule has 3 heteroatoms. The predicted octanol–water partition coefficient (Wildman–Crippen LogP) is 3.38. The van der Waals surface area contributed by atoms with Gasteiger partial charge in [0.1, 0.15) is 0 Å². The molecule has 0 saturated carbocycles.